The molecule has 0 aliphatic heterocycles. The van der Waals surface area contributed by atoms with Gasteiger partial charge in [-0.1, -0.05) is 18.2 Å². The van der Waals surface area contributed by atoms with E-state index in [1.807, 2.05) is 42.5 Å². The van der Waals surface area contributed by atoms with Crippen molar-refractivity contribution in [1.29, 1.82) is 0 Å². The first-order chi connectivity index (χ1) is 11.7. The maximum absolute atomic E-state index is 12.3. The van der Waals surface area contributed by atoms with Crippen molar-refractivity contribution < 1.29 is 14.3 Å². The number of rotatable bonds is 4. The Bertz CT molecular complexity index is 867. The van der Waals surface area contributed by atoms with Gasteiger partial charge < -0.3 is 14.4 Å². The van der Waals surface area contributed by atoms with Crippen LogP contribution < -0.4 is 9.47 Å². The summed E-state index contributed by atoms with van der Waals surface area (Å²) in [6.07, 6.45) is 1.15. The third kappa shape index (κ3) is 3.43. The third-order valence-corrected chi connectivity index (χ3v) is 3.54. The molecule has 3 rings (SSSR count). The van der Waals surface area contributed by atoms with E-state index in [9.17, 15) is 4.79 Å². The minimum Gasteiger partial charge on any atom is -0.496 e. The molecule has 0 saturated carbocycles. The predicted octanol–water partition coefficient (Wildman–Crippen LogP) is 3.27. The quantitative estimate of drug-likeness (QED) is 0.737. The molecule has 3 aromatic rings. The van der Waals surface area contributed by atoms with Gasteiger partial charge in [-0.2, -0.15) is 4.98 Å². The Balaban J connectivity index is 1.71. The fourth-order valence-corrected chi connectivity index (χ4v) is 2.31. The molecule has 0 aliphatic rings. The van der Waals surface area contributed by atoms with Crippen molar-refractivity contribution in [1.82, 2.24) is 14.9 Å². The fourth-order valence-electron chi connectivity index (χ4n) is 2.31. The summed E-state index contributed by atoms with van der Waals surface area (Å²) in [6, 6.07) is 14.7. The van der Waals surface area contributed by atoms with Gasteiger partial charge in [-0.15, -0.1) is 0 Å². The smallest absolute Gasteiger partial charge is 0.416 e. The van der Waals surface area contributed by atoms with Crippen molar-refractivity contribution in [3.05, 3.63) is 60.3 Å². The minimum atomic E-state index is -0.497. The summed E-state index contributed by atoms with van der Waals surface area (Å²) in [5, 5.41) is 0.889. The first-order valence-corrected chi connectivity index (χ1v) is 7.44. The summed E-state index contributed by atoms with van der Waals surface area (Å²) in [4.78, 5) is 22.1. The Morgan fingerprint density at radius 1 is 1.12 bits per heavy atom. The molecule has 1 aromatic carbocycles. The van der Waals surface area contributed by atoms with Crippen LogP contribution in [0.4, 0.5) is 4.79 Å². The molecule has 0 aliphatic carbocycles. The Morgan fingerprint density at radius 2 is 1.96 bits per heavy atom. The molecule has 0 bridgehead atoms. The second-order valence-corrected chi connectivity index (χ2v) is 5.24. The molecule has 0 unspecified atom stereocenters. The molecule has 2 aromatic heterocycles. The van der Waals surface area contributed by atoms with Crippen LogP contribution in [-0.2, 0) is 6.54 Å². The van der Waals surface area contributed by atoms with Crippen molar-refractivity contribution in [2.24, 2.45) is 0 Å². The number of carbonyl (C=O) groups excluding carboxylic acids is 1. The number of methoxy groups -OCH3 is 1. The normalized spacial score (nSPS) is 10.4. The zero-order valence-electron chi connectivity index (χ0n) is 13.5. The van der Waals surface area contributed by atoms with Crippen LogP contribution in [-0.4, -0.2) is 35.1 Å². The number of pyridine rings is 2. The van der Waals surface area contributed by atoms with E-state index >= 15 is 0 Å². The van der Waals surface area contributed by atoms with Crippen LogP contribution in [0.5, 0.6) is 11.6 Å². The first kappa shape index (κ1) is 15.7. The second kappa shape index (κ2) is 6.95. The highest BCUT2D eigenvalue weighted by Gasteiger charge is 2.15. The third-order valence-electron chi connectivity index (χ3n) is 3.54. The van der Waals surface area contributed by atoms with Gasteiger partial charge in [0.05, 0.1) is 13.7 Å². The van der Waals surface area contributed by atoms with Gasteiger partial charge in [-0.3, -0.25) is 0 Å². The van der Waals surface area contributed by atoms with E-state index in [1.165, 1.54) is 4.90 Å². The number of hydrogen-bond donors (Lipinski definition) is 0. The number of carbonyl (C=O) groups is 1. The lowest BCUT2D eigenvalue weighted by molar-refractivity contribution is 0.158. The van der Waals surface area contributed by atoms with Crippen LogP contribution in [0.15, 0.2) is 54.7 Å². The number of aromatic nitrogens is 2. The van der Waals surface area contributed by atoms with Gasteiger partial charge in [-0.05, 0) is 24.3 Å². The Morgan fingerprint density at radius 3 is 2.79 bits per heavy atom. The summed E-state index contributed by atoms with van der Waals surface area (Å²) in [5.74, 6) is 0.947. The lowest BCUT2D eigenvalue weighted by atomic mass is 10.2. The van der Waals surface area contributed by atoms with Crippen LogP contribution in [0.2, 0.25) is 0 Å². The summed E-state index contributed by atoms with van der Waals surface area (Å²) in [5.41, 5.74) is 1.43. The van der Waals surface area contributed by atoms with Gasteiger partial charge in [0.25, 0.3) is 0 Å². The molecule has 0 fully saturated rings. The minimum absolute atomic E-state index is 0.220. The van der Waals surface area contributed by atoms with E-state index in [2.05, 4.69) is 9.97 Å². The summed E-state index contributed by atoms with van der Waals surface area (Å²) < 4.78 is 10.6. The summed E-state index contributed by atoms with van der Waals surface area (Å²) in [6.45, 7) is 0.370. The highest BCUT2D eigenvalue weighted by atomic mass is 16.6. The van der Waals surface area contributed by atoms with Crippen LogP contribution in [0.25, 0.3) is 11.0 Å². The van der Waals surface area contributed by atoms with E-state index in [-0.39, 0.29) is 5.88 Å². The van der Waals surface area contributed by atoms with E-state index in [0.29, 0.717) is 12.2 Å². The van der Waals surface area contributed by atoms with Crippen molar-refractivity contribution in [3.8, 4) is 11.6 Å². The van der Waals surface area contributed by atoms with Gasteiger partial charge in [0.15, 0.2) is 5.65 Å². The topological polar surface area (TPSA) is 64.5 Å². The molecule has 24 heavy (non-hydrogen) atoms. The second-order valence-electron chi connectivity index (χ2n) is 5.24. The Kier molecular flexibility index (Phi) is 4.56. The summed E-state index contributed by atoms with van der Waals surface area (Å²) in [7, 11) is 3.26. The average Bonchev–Trinajstić information content (AvgIpc) is 2.62. The van der Waals surface area contributed by atoms with Gasteiger partial charge in [0.1, 0.15) is 5.75 Å². The fraction of sp³-hybridized carbons (Fsp3) is 0.167. The summed E-state index contributed by atoms with van der Waals surface area (Å²) >= 11 is 0. The largest absolute Gasteiger partial charge is 0.496 e. The van der Waals surface area contributed by atoms with Crippen LogP contribution in [0.1, 0.15) is 5.56 Å². The van der Waals surface area contributed by atoms with Crippen LogP contribution in [0, 0.1) is 0 Å². The predicted molar refractivity (Wildman–Crippen MR) is 90.0 cm³/mol. The lowest BCUT2D eigenvalue weighted by Crippen LogP contribution is -2.29. The SMILES string of the molecule is COc1ccccc1CN(C)C(=O)Oc1ccc2cccnc2n1. The Labute approximate surface area is 139 Å². The lowest BCUT2D eigenvalue weighted by Gasteiger charge is -2.18. The number of nitrogens with zero attached hydrogens (tertiary/aromatic N) is 3. The number of para-hydroxylation sites is 1. The average molecular weight is 323 g/mol. The van der Waals surface area contributed by atoms with Crippen LogP contribution >= 0.6 is 0 Å². The molecular formula is C18H17N3O3. The molecule has 0 radical (unpaired) electrons. The zero-order chi connectivity index (χ0) is 16.9. The van der Waals surface area contributed by atoms with Crippen molar-refractivity contribution in [2.75, 3.05) is 14.2 Å². The first-order valence-electron chi connectivity index (χ1n) is 7.44. The van der Waals surface area contributed by atoms with E-state index in [1.54, 1.807) is 26.4 Å². The van der Waals surface area contributed by atoms with Crippen molar-refractivity contribution >= 4 is 17.1 Å². The number of benzene rings is 1. The van der Waals surface area contributed by atoms with Gasteiger partial charge in [0, 0.05) is 30.3 Å². The molecule has 0 spiro atoms. The highest BCUT2D eigenvalue weighted by molar-refractivity contribution is 5.76. The molecule has 2 heterocycles. The van der Waals surface area contributed by atoms with Gasteiger partial charge in [-0.25, -0.2) is 9.78 Å². The Hall–Kier alpha value is -3.15. The maximum Gasteiger partial charge on any atom is 0.416 e. The molecule has 6 nitrogen and oxygen atoms in total. The van der Waals surface area contributed by atoms with Crippen molar-refractivity contribution in [3.63, 3.8) is 0 Å². The number of amides is 1. The molecule has 0 N–H and O–H groups in total. The molecular weight excluding hydrogens is 306 g/mol. The maximum atomic E-state index is 12.3. The van der Waals surface area contributed by atoms with Gasteiger partial charge in [0.2, 0.25) is 5.88 Å². The molecule has 1 amide bonds. The zero-order valence-corrected chi connectivity index (χ0v) is 13.5. The highest BCUT2D eigenvalue weighted by Crippen LogP contribution is 2.20. The monoisotopic (exact) mass is 323 g/mol. The van der Waals surface area contributed by atoms with Gasteiger partial charge >= 0.3 is 6.09 Å². The van der Waals surface area contributed by atoms with E-state index < -0.39 is 6.09 Å². The molecule has 122 valence electrons. The number of hydrogen-bond acceptors (Lipinski definition) is 5. The number of ether oxygens (including phenoxy) is 2. The van der Waals surface area contributed by atoms with Crippen molar-refractivity contribution in [2.45, 2.75) is 6.54 Å². The molecule has 6 heteroatoms. The van der Waals surface area contributed by atoms with E-state index in [0.717, 1.165) is 16.7 Å². The molecule has 0 saturated heterocycles. The standard InChI is InChI=1S/C18H17N3O3/c1-21(12-14-6-3-4-8-15(14)23-2)18(22)24-16-10-9-13-7-5-11-19-17(13)20-16/h3-11H,12H2,1-2H3. The molecule has 0 atom stereocenters. The van der Waals surface area contributed by atoms with Crippen LogP contribution in [0.3, 0.4) is 0 Å². The van der Waals surface area contributed by atoms with E-state index in [4.69, 9.17) is 9.47 Å². The number of fused-ring (bicyclic) bond motifs is 1.